The van der Waals surface area contributed by atoms with Crippen molar-refractivity contribution in [3.63, 3.8) is 0 Å². The molecule has 2 aromatic rings. The molecule has 104 valence electrons. The summed E-state index contributed by atoms with van der Waals surface area (Å²) in [6.45, 7) is 1.75. The topological polar surface area (TPSA) is 58.5 Å². The van der Waals surface area contributed by atoms with Gasteiger partial charge in [0.25, 0.3) is 0 Å². The molecule has 1 aliphatic heterocycles. The van der Waals surface area contributed by atoms with Gasteiger partial charge in [-0.25, -0.2) is 14.4 Å². The second kappa shape index (κ2) is 5.42. The van der Waals surface area contributed by atoms with E-state index in [1.807, 2.05) is 11.0 Å². The molecule has 1 atom stereocenters. The van der Waals surface area contributed by atoms with Gasteiger partial charge in [-0.15, -0.1) is 0 Å². The Bertz CT molecular complexity index is 591. The second-order valence-corrected chi connectivity index (χ2v) is 4.60. The zero-order valence-electron chi connectivity index (χ0n) is 10.7. The molecule has 0 spiro atoms. The zero-order chi connectivity index (χ0) is 13.9. The number of hydrogen-bond acceptors (Lipinski definition) is 5. The Labute approximate surface area is 115 Å². The number of anilines is 1. The highest BCUT2D eigenvalue weighted by atomic mass is 19.1. The van der Waals surface area contributed by atoms with Crippen LogP contribution in [0.5, 0.6) is 5.75 Å². The van der Waals surface area contributed by atoms with Gasteiger partial charge in [-0.2, -0.15) is 0 Å². The number of benzene rings is 1. The van der Waals surface area contributed by atoms with Crippen LogP contribution in [0.4, 0.5) is 10.3 Å². The van der Waals surface area contributed by atoms with Crippen molar-refractivity contribution in [3.05, 3.63) is 48.0 Å². The van der Waals surface area contributed by atoms with Crippen molar-refractivity contribution in [2.45, 2.75) is 6.10 Å². The predicted octanol–water partition coefficient (Wildman–Crippen LogP) is 1.90. The van der Waals surface area contributed by atoms with Crippen LogP contribution in [0, 0.1) is 5.82 Å². The average Bonchev–Trinajstić information content (AvgIpc) is 2.48. The SMILES string of the molecule is Oc1cccc([C@H]2CN(c3ncc(F)cn3)CCO2)c1. The molecule has 20 heavy (non-hydrogen) atoms. The summed E-state index contributed by atoms with van der Waals surface area (Å²) in [6, 6.07) is 6.98. The lowest BCUT2D eigenvalue weighted by atomic mass is 10.1. The summed E-state index contributed by atoms with van der Waals surface area (Å²) in [6.07, 6.45) is 2.15. The first-order valence-corrected chi connectivity index (χ1v) is 6.35. The lowest BCUT2D eigenvalue weighted by molar-refractivity contribution is 0.0391. The van der Waals surface area contributed by atoms with Gasteiger partial charge in [0.2, 0.25) is 5.95 Å². The smallest absolute Gasteiger partial charge is 0.225 e. The molecule has 6 heteroatoms. The van der Waals surface area contributed by atoms with Crippen LogP contribution in [0.25, 0.3) is 0 Å². The van der Waals surface area contributed by atoms with Crippen molar-refractivity contribution in [3.8, 4) is 5.75 Å². The first-order valence-electron chi connectivity index (χ1n) is 6.35. The maximum Gasteiger partial charge on any atom is 0.225 e. The Morgan fingerprint density at radius 1 is 1.30 bits per heavy atom. The van der Waals surface area contributed by atoms with Crippen molar-refractivity contribution in [1.82, 2.24) is 9.97 Å². The normalized spacial score (nSPS) is 19.1. The van der Waals surface area contributed by atoms with E-state index >= 15 is 0 Å². The van der Waals surface area contributed by atoms with Crippen LogP contribution in [0.3, 0.4) is 0 Å². The molecule has 3 rings (SSSR count). The third-order valence-corrected chi connectivity index (χ3v) is 3.20. The molecule has 0 bridgehead atoms. The number of aromatic hydroxyl groups is 1. The van der Waals surface area contributed by atoms with Gasteiger partial charge in [0.1, 0.15) is 11.9 Å². The van der Waals surface area contributed by atoms with Gasteiger partial charge in [-0.05, 0) is 17.7 Å². The molecule has 5 nitrogen and oxygen atoms in total. The molecule has 1 saturated heterocycles. The van der Waals surface area contributed by atoms with Gasteiger partial charge in [0, 0.05) is 6.54 Å². The number of rotatable bonds is 2. The van der Waals surface area contributed by atoms with Gasteiger partial charge in [-0.1, -0.05) is 12.1 Å². The van der Waals surface area contributed by atoms with E-state index in [1.165, 1.54) is 0 Å². The molecule has 1 aromatic heterocycles. The lowest BCUT2D eigenvalue weighted by Crippen LogP contribution is -2.39. The number of morpholine rings is 1. The molecular formula is C14H14FN3O2. The van der Waals surface area contributed by atoms with Crippen molar-refractivity contribution < 1.29 is 14.2 Å². The summed E-state index contributed by atoms with van der Waals surface area (Å²) in [5.41, 5.74) is 0.900. The van der Waals surface area contributed by atoms with Crippen LogP contribution in [-0.2, 0) is 4.74 Å². The molecular weight excluding hydrogens is 261 g/mol. The predicted molar refractivity (Wildman–Crippen MR) is 71.0 cm³/mol. The molecule has 1 aromatic carbocycles. The van der Waals surface area contributed by atoms with E-state index in [1.54, 1.807) is 18.2 Å². The summed E-state index contributed by atoms with van der Waals surface area (Å²) in [5, 5.41) is 9.52. The fourth-order valence-corrected chi connectivity index (χ4v) is 2.23. The van der Waals surface area contributed by atoms with Crippen LogP contribution in [0.2, 0.25) is 0 Å². The first kappa shape index (κ1) is 12.8. The highest BCUT2D eigenvalue weighted by molar-refractivity contribution is 5.34. The zero-order valence-corrected chi connectivity index (χ0v) is 10.7. The number of hydrogen-bond donors (Lipinski definition) is 1. The Kier molecular flexibility index (Phi) is 3.47. The van der Waals surface area contributed by atoms with Gasteiger partial charge >= 0.3 is 0 Å². The number of halogens is 1. The van der Waals surface area contributed by atoms with E-state index in [-0.39, 0.29) is 11.9 Å². The average molecular weight is 275 g/mol. The molecule has 0 amide bonds. The Hall–Kier alpha value is -2.21. The maximum atomic E-state index is 12.8. The van der Waals surface area contributed by atoms with E-state index in [0.29, 0.717) is 25.6 Å². The third-order valence-electron chi connectivity index (χ3n) is 3.20. The van der Waals surface area contributed by atoms with E-state index in [4.69, 9.17) is 4.74 Å². The molecule has 0 aliphatic carbocycles. The summed E-state index contributed by atoms with van der Waals surface area (Å²) in [7, 11) is 0. The van der Waals surface area contributed by atoms with Crippen molar-refractivity contribution >= 4 is 5.95 Å². The molecule has 1 N–H and O–H groups in total. The second-order valence-electron chi connectivity index (χ2n) is 4.60. The summed E-state index contributed by atoms with van der Waals surface area (Å²) in [4.78, 5) is 9.91. The largest absolute Gasteiger partial charge is 0.508 e. The third kappa shape index (κ3) is 2.70. The van der Waals surface area contributed by atoms with E-state index in [9.17, 15) is 9.50 Å². The number of phenols is 1. The van der Waals surface area contributed by atoms with Gasteiger partial charge in [-0.3, -0.25) is 0 Å². The van der Waals surface area contributed by atoms with Crippen LogP contribution in [0.15, 0.2) is 36.7 Å². The Balaban J connectivity index is 1.78. The van der Waals surface area contributed by atoms with Crippen molar-refractivity contribution in [2.75, 3.05) is 24.6 Å². The molecule has 0 radical (unpaired) electrons. The fourth-order valence-electron chi connectivity index (χ4n) is 2.23. The molecule has 1 fully saturated rings. The standard InChI is InChI=1S/C14H14FN3O2/c15-11-7-16-14(17-8-11)18-4-5-20-13(9-18)10-2-1-3-12(19)6-10/h1-3,6-8,13,19H,4-5,9H2/t13-/m1/s1. The van der Waals surface area contributed by atoms with E-state index in [0.717, 1.165) is 18.0 Å². The van der Waals surface area contributed by atoms with Crippen LogP contribution in [-0.4, -0.2) is 34.8 Å². The van der Waals surface area contributed by atoms with Crippen molar-refractivity contribution in [1.29, 1.82) is 0 Å². The first-order chi connectivity index (χ1) is 9.72. The monoisotopic (exact) mass is 275 g/mol. The Morgan fingerprint density at radius 3 is 2.85 bits per heavy atom. The minimum absolute atomic E-state index is 0.162. The van der Waals surface area contributed by atoms with E-state index < -0.39 is 5.82 Å². The van der Waals surface area contributed by atoms with Crippen molar-refractivity contribution in [2.24, 2.45) is 0 Å². The highest BCUT2D eigenvalue weighted by Crippen LogP contribution is 2.26. The van der Waals surface area contributed by atoms with Crippen LogP contribution < -0.4 is 4.90 Å². The van der Waals surface area contributed by atoms with E-state index in [2.05, 4.69) is 9.97 Å². The minimum Gasteiger partial charge on any atom is -0.508 e. The van der Waals surface area contributed by atoms with Crippen LogP contribution in [0.1, 0.15) is 11.7 Å². The lowest BCUT2D eigenvalue weighted by Gasteiger charge is -2.33. The minimum atomic E-state index is -0.452. The van der Waals surface area contributed by atoms with Gasteiger partial charge in [0.05, 0.1) is 25.5 Å². The number of ether oxygens (including phenoxy) is 1. The van der Waals surface area contributed by atoms with Gasteiger partial charge < -0.3 is 14.7 Å². The molecule has 0 unspecified atom stereocenters. The number of phenolic OH excluding ortho intramolecular Hbond substituents is 1. The molecule has 2 heterocycles. The summed E-state index contributed by atoms with van der Waals surface area (Å²) in [5.74, 6) is 0.243. The highest BCUT2D eigenvalue weighted by Gasteiger charge is 2.23. The number of aromatic nitrogens is 2. The molecule has 1 aliphatic rings. The number of nitrogens with zero attached hydrogens (tertiary/aromatic N) is 3. The summed E-state index contributed by atoms with van der Waals surface area (Å²) >= 11 is 0. The van der Waals surface area contributed by atoms with Crippen LogP contribution >= 0.6 is 0 Å². The summed E-state index contributed by atoms with van der Waals surface area (Å²) < 4.78 is 18.6. The molecule has 0 saturated carbocycles. The maximum absolute atomic E-state index is 12.8. The quantitative estimate of drug-likeness (QED) is 0.907. The van der Waals surface area contributed by atoms with Gasteiger partial charge in [0.15, 0.2) is 5.82 Å². The Morgan fingerprint density at radius 2 is 2.10 bits per heavy atom. The fraction of sp³-hybridized carbons (Fsp3) is 0.286.